The van der Waals surface area contributed by atoms with Crippen molar-refractivity contribution in [3.05, 3.63) is 132 Å². The molecule has 0 unspecified atom stereocenters. The van der Waals surface area contributed by atoms with Gasteiger partial charge in [0.15, 0.2) is 11.3 Å². The van der Waals surface area contributed by atoms with Crippen molar-refractivity contribution in [1.82, 2.24) is 29.7 Å². The fourth-order valence-electron chi connectivity index (χ4n) is 6.39. The second-order valence-electron chi connectivity index (χ2n) is 14.5. The number of imidazole rings is 1. The molecule has 0 amide bonds. The molecule has 0 saturated heterocycles. The number of halogens is 1. The van der Waals surface area contributed by atoms with Gasteiger partial charge in [0, 0.05) is 47.3 Å². The average Bonchev–Trinajstić information content (AvgIpc) is 3.73. The topological polar surface area (TPSA) is 82.5 Å². The van der Waals surface area contributed by atoms with E-state index < -0.39 is 12.7 Å². The van der Waals surface area contributed by atoms with Gasteiger partial charge in [-0.1, -0.05) is 120 Å². The smallest absolute Gasteiger partial charge is 0.197 e. The standard InChI is InChI=1S/C28H24N5O.C16H17FN.Ir/c1-16(2)18-10-7-11-19(17(3)4)24(18)33-27(31-26-28(33)32-30-15-29-26)22-13-8-12-21-20-9-5-6-14-23(20)34-25(21)22;1-11-5-7-13(14(17)9-11)15-8-6-12(10-18-15)16(2,3)4;/h5-12,14-17H,1-4H3;5-6,8-10H,1-4H3;/q2*-1;/i;1D3;. The Hall–Kier alpha value is -5.11. The first-order valence-electron chi connectivity index (χ1n) is 18.8. The van der Waals surface area contributed by atoms with Gasteiger partial charge in [-0.2, -0.15) is 0 Å². The van der Waals surface area contributed by atoms with Gasteiger partial charge >= 0.3 is 0 Å². The van der Waals surface area contributed by atoms with E-state index >= 15 is 0 Å². The first-order chi connectivity index (χ1) is 26.1. The molecule has 8 rings (SSSR count). The summed E-state index contributed by atoms with van der Waals surface area (Å²) in [5.74, 6) is 0.673. The van der Waals surface area contributed by atoms with Gasteiger partial charge in [0.25, 0.3) is 0 Å². The maximum absolute atomic E-state index is 14.1. The van der Waals surface area contributed by atoms with Gasteiger partial charge in [-0.3, -0.25) is 9.37 Å². The Morgan fingerprint density at radius 1 is 0.868 bits per heavy atom. The zero-order valence-corrected chi connectivity index (χ0v) is 33.0. The van der Waals surface area contributed by atoms with E-state index in [2.05, 4.69) is 110 Å². The minimum Gasteiger partial charge on any atom is -0.501 e. The normalized spacial score (nSPS) is 12.8. The van der Waals surface area contributed by atoms with E-state index in [0.29, 0.717) is 34.6 Å². The fourth-order valence-corrected chi connectivity index (χ4v) is 6.39. The van der Waals surface area contributed by atoms with Crippen LogP contribution in [0.25, 0.3) is 61.6 Å². The summed E-state index contributed by atoms with van der Waals surface area (Å²) >= 11 is 0. The molecule has 0 fully saturated rings. The molecule has 0 bridgehead atoms. The van der Waals surface area contributed by atoms with Crippen LogP contribution in [0.2, 0.25) is 0 Å². The molecule has 1 radical (unpaired) electrons. The molecule has 9 heteroatoms. The van der Waals surface area contributed by atoms with Crippen molar-refractivity contribution >= 4 is 33.2 Å². The van der Waals surface area contributed by atoms with Crippen LogP contribution in [0.3, 0.4) is 0 Å². The molecule has 0 atom stereocenters. The maximum atomic E-state index is 14.1. The molecule has 7 nitrogen and oxygen atoms in total. The van der Waals surface area contributed by atoms with E-state index in [0.717, 1.165) is 44.8 Å². The Balaban J connectivity index is 0.000000209. The molecule has 8 aromatic rings. The third kappa shape index (κ3) is 7.28. The van der Waals surface area contributed by atoms with Gasteiger partial charge in [-0.05, 0) is 45.7 Å². The van der Waals surface area contributed by atoms with Gasteiger partial charge in [0.1, 0.15) is 11.9 Å². The Labute approximate surface area is 327 Å². The minimum atomic E-state index is -2.33. The Bertz CT molecular complexity index is 2640. The van der Waals surface area contributed by atoms with Gasteiger partial charge < -0.3 is 14.0 Å². The fraction of sp³-hybridized carbons (Fsp3) is 0.250. The van der Waals surface area contributed by atoms with Crippen molar-refractivity contribution in [2.24, 2.45) is 0 Å². The summed E-state index contributed by atoms with van der Waals surface area (Å²) in [7, 11) is 0. The third-order valence-corrected chi connectivity index (χ3v) is 9.13. The second-order valence-corrected chi connectivity index (χ2v) is 14.5. The number of benzene rings is 4. The van der Waals surface area contributed by atoms with Crippen LogP contribution >= 0.6 is 0 Å². The van der Waals surface area contributed by atoms with E-state index in [9.17, 15) is 4.39 Å². The van der Waals surface area contributed by atoms with Crippen LogP contribution in [0, 0.1) is 24.8 Å². The molecule has 0 aliphatic rings. The van der Waals surface area contributed by atoms with Crippen molar-refractivity contribution in [3.63, 3.8) is 0 Å². The monoisotopic (exact) mass is 884 g/mol. The molecule has 0 saturated carbocycles. The average molecular weight is 884 g/mol. The second kappa shape index (κ2) is 15.1. The van der Waals surface area contributed by atoms with Crippen LogP contribution in [0.1, 0.15) is 86.7 Å². The van der Waals surface area contributed by atoms with Crippen LogP contribution in [0.15, 0.2) is 95.8 Å². The Morgan fingerprint density at radius 3 is 2.28 bits per heavy atom. The van der Waals surface area contributed by atoms with Crippen LogP contribution in [-0.4, -0.2) is 29.7 Å². The van der Waals surface area contributed by atoms with Crippen LogP contribution in [0.5, 0.6) is 0 Å². The number of furan rings is 1. The molecule has 0 aliphatic carbocycles. The Morgan fingerprint density at radius 2 is 1.62 bits per heavy atom. The molecule has 4 aromatic heterocycles. The minimum absolute atomic E-state index is 0. The van der Waals surface area contributed by atoms with Gasteiger partial charge in [0.05, 0.1) is 11.4 Å². The van der Waals surface area contributed by atoms with Crippen LogP contribution in [-0.2, 0) is 25.5 Å². The van der Waals surface area contributed by atoms with Gasteiger partial charge in [-0.25, -0.2) is 4.98 Å². The quantitative estimate of drug-likeness (QED) is 0.160. The number of aromatic nitrogens is 6. The number of para-hydroxylation sites is 2. The number of hydrogen-bond donors (Lipinski definition) is 0. The number of hydrogen-bond acceptors (Lipinski definition) is 6. The summed E-state index contributed by atoms with van der Waals surface area (Å²) in [5, 5.41) is 10.7. The van der Waals surface area contributed by atoms with Crippen molar-refractivity contribution in [3.8, 4) is 28.3 Å². The summed E-state index contributed by atoms with van der Waals surface area (Å²) in [4.78, 5) is 13.6. The summed E-state index contributed by atoms with van der Waals surface area (Å²) in [6.45, 7) is 12.7. The van der Waals surface area contributed by atoms with E-state index in [1.165, 1.54) is 23.5 Å². The molecule has 4 heterocycles. The number of fused-ring (bicyclic) bond motifs is 4. The van der Waals surface area contributed by atoms with Crippen LogP contribution in [0.4, 0.5) is 4.39 Å². The molecular weight excluding hydrogens is 840 g/mol. The summed E-state index contributed by atoms with van der Waals surface area (Å²) in [5.41, 5.74) is 8.62. The van der Waals surface area contributed by atoms with Crippen molar-refractivity contribution in [1.29, 1.82) is 0 Å². The first kappa shape index (κ1) is 33.7. The van der Waals surface area contributed by atoms with Crippen molar-refractivity contribution in [2.45, 2.75) is 72.6 Å². The SMILES string of the molecule is CC(C)c1cccc(C(C)C)c1-n1c(-c2[c-]ccc3c2oc2ccccc23)nc2ncnnc21.[2H]C([2H])([2H])c1c[c-]c(-c2ccc(C(C)(C)C)cn2)c(F)c1.[Ir]. The summed E-state index contributed by atoms with van der Waals surface area (Å²) in [6, 6.07) is 30.6. The Kier molecular flexibility index (Phi) is 9.60. The molecule has 0 N–H and O–H groups in total. The number of pyridine rings is 1. The molecule has 0 spiro atoms. The zero-order valence-electron chi connectivity index (χ0n) is 33.6. The van der Waals surface area contributed by atoms with Gasteiger partial charge in [0.2, 0.25) is 0 Å². The number of aryl methyl sites for hydroxylation is 1. The van der Waals surface area contributed by atoms with E-state index in [-0.39, 0.29) is 36.6 Å². The molecule has 4 aromatic carbocycles. The largest absolute Gasteiger partial charge is 0.501 e. The molecular formula is C44H41FIrN6O-2. The van der Waals surface area contributed by atoms with E-state index in [1.54, 1.807) is 12.3 Å². The van der Waals surface area contributed by atoms with E-state index in [1.807, 2.05) is 36.4 Å². The van der Waals surface area contributed by atoms with Crippen molar-refractivity contribution < 1.29 is 33.0 Å². The number of rotatable bonds is 5. The molecule has 0 aliphatic heterocycles. The zero-order chi connectivity index (χ0) is 39.2. The third-order valence-electron chi connectivity index (χ3n) is 9.13. The van der Waals surface area contributed by atoms with Gasteiger partial charge in [-0.15, -0.1) is 52.2 Å². The first-order valence-corrected chi connectivity index (χ1v) is 17.3. The maximum Gasteiger partial charge on any atom is 0.197 e. The summed E-state index contributed by atoms with van der Waals surface area (Å²) < 4.78 is 44.3. The predicted octanol–water partition coefficient (Wildman–Crippen LogP) is 11.1. The van der Waals surface area contributed by atoms with Crippen molar-refractivity contribution in [2.75, 3.05) is 0 Å². The molecule has 53 heavy (non-hydrogen) atoms. The number of nitrogens with zero attached hydrogens (tertiary/aromatic N) is 6. The van der Waals surface area contributed by atoms with Crippen LogP contribution < -0.4 is 0 Å². The summed E-state index contributed by atoms with van der Waals surface area (Å²) in [6.07, 6.45) is 3.15. The predicted molar refractivity (Wildman–Crippen MR) is 206 cm³/mol. The molecule has 271 valence electrons. The van der Waals surface area contributed by atoms with E-state index in [4.69, 9.17) is 13.5 Å².